The Labute approximate surface area is 115 Å². The van der Waals surface area contributed by atoms with Gasteiger partial charge >= 0.3 is 5.97 Å². The van der Waals surface area contributed by atoms with E-state index in [0.29, 0.717) is 5.56 Å². The van der Waals surface area contributed by atoms with Gasteiger partial charge in [-0.1, -0.05) is 6.07 Å². The van der Waals surface area contributed by atoms with E-state index in [9.17, 15) is 9.90 Å². The highest BCUT2D eigenvalue weighted by molar-refractivity contribution is 7.13. The van der Waals surface area contributed by atoms with Crippen LogP contribution >= 0.6 is 11.3 Å². The molecule has 0 aliphatic carbocycles. The summed E-state index contributed by atoms with van der Waals surface area (Å²) < 4.78 is 0. The number of anilines is 1. The Morgan fingerprint density at radius 2 is 2.11 bits per heavy atom. The Bertz CT molecular complexity index is 589. The molecule has 1 fully saturated rings. The van der Waals surface area contributed by atoms with Gasteiger partial charge in [0.25, 0.3) is 0 Å². The molecule has 0 spiro atoms. The van der Waals surface area contributed by atoms with E-state index in [2.05, 4.69) is 9.88 Å². The van der Waals surface area contributed by atoms with Crippen LogP contribution in [0.5, 0.6) is 0 Å². The third-order valence-corrected chi connectivity index (χ3v) is 4.15. The molecule has 4 nitrogen and oxygen atoms in total. The maximum Gasteiger partial charge on any atom is 0.335 e. The monoisotopic (exact) mass is 274 g/mol. The van der Waals surface area contributed by atoms with E-state index in [-0.39, 0.29) is 0 Å². The van der Waals surface area contributed by atoms with Crippen LogP contribution in [-0.2, 0) is 0 Å². The van der Waals surface area contributed by atoms with Crippen LogP contribution in [0.3, 0.4) is 0 Å². The number of carbonyl (C=O) groups is 1. The zero-order valence-corrected chi connectivity index (χ0v) is 11.2. The van der Waals surface area contributed by atoms with Gasteiger partial charge in [-0.2, -0.15) is 0 Å². The number of carboxylic acids is 1. The molecule has 3 heterocycles. The van der Waals surface area contributed by atoms with E-state index in [4.69, 9.17) is 0 Å². The fraction of sp³-hybridized carbons (Fsp3) is 0.286. The molecule has 19 heavy (non-hydrogen) atoms. The van der Waals surface area contributed by atoms with Crippen LogP contribution in [0.2, 0.25) is 0 Å². The van der Waals surface area contributed by atoms with E-state index in [0.717, 1.165) is 42.3 Å². The predicted molar refractivity (Wildman–Crippen MR) is 76.0 cm³/mol. The average molecular weight is 274 g/mol. The van der Waals surface area contributed by atoms with E-state index in [1.54, 1.807) is 23.5 Å². The van der Waals surface area contributed by atoms with Crippen molar-refractivity contribution in [2.24, 2.45) is 0 Å². The zero-order chi connectivity index (χ0) is 13.2. The van der Waals surface area contributed by atoms with Crippen molar-refractivity contribution in [1.29, 1.82) is 0 Å². The average Bonchev–Trinajstić information content (AvgIpc) is 3.11. The fourth-order valence-electron chi connectivity index (χ4n) is 2.30. The summed E-state index contributed by atoms with van der Waals surface area (Å²) in [4.78, 5) is 19.0. The van der Waals surface area contributed by atoms with Gasteiger partial charge < -0.3 is 10.0 Å². The summed E-state index contributed by atoms with van der Waals surface area (Å²) in [5.41, 5.74) is 1.05. The summed E-state index contributed by atoms with van der Waals surface area (Å²) in [6.45, 7) is 1.92. The largest absolute Gasteiger partial charge is 0.478 e. The number of aromatic carboxylic acids is 1. The lowest BCUT2D eigenvalue weighted by Crippen LogP contribution is -2.19. The number of thiophene rings is 1. The van der Waals surface area contributed by atoms with E-state index in [1.807, 2.05) is 17.5 Å². The summed E-state index contributed by atoms with van der Waals surface area (Å²) in [5, 5.41) is 11.2. The first-order valence-electron chi connectivity index (χ1n) is 6.28. The maximum absolute atomic E-state index is 11.2. The Balaban J connectivity index is 2.06. The number of pyridine rings is 1. The van der Waals surface area contributed by atoms with Crippen molar-refractivity contribution in [3.8, 4) is 10.6 Å². The van der Waals surface area contributed by atoms with Crippen LogP contribution in [0.15, 0.2) is 29.6 Å². The Hall–Kier alpha value is -1.88. The highest BCUT2D eigenvalue weighted by Gasteiger charge is 2.17. The van der Waals surface area contributed by atoms with Crippen LogP contribution in [0.1, 0.15) is 23.2 Å². The molecule has 2 aromatic rings. The molecule has 0 bridgehead atoms. The first-order chi connectivity index (χ1) is 9.24. The van der Waals surface area contributed by atoms with Crippen molar-refractivity contribution in [2.45, 2.75) is 12.8 Å². The topological polar surface area (TPSA) is 53.4 Å². The molecule has 0 radical (unpaired) electrons. The van der Waals surface area contributed by atoms with Gasteiger partial charge in [-0.05, 0) is 36.4 Å². The van der Waals surface area contributed by atoms with Gasteiger partial charge in [-0.3, -0.25) is 0 Å². The van der Waals surface area contributed by atoms with Gasteiger partial charge in [0.2, 0.25) is 0 Å². The Morgan fingerprint density at radius 3 is 2.74 bits per heavy atom. The molecule has 1 aliphatic heterocycles. The number of nitrogens with zero attached hydrogens (tertiary/aromatic N) is 2. The first kappa shape index (κ1) is 12.2. The minimum atomic E-state index is -0.902. The lowest BCUT2D eigenvalue weighted by atomic mass is 10.2. The van der Waals surface area contributed by atoms with Gasteiger partial charge in [0.05, 0.1) is 16.1 Å². The SMILES string of the molecule is O=C(O)c1cc(-c2cccs2)nc(N2CCCC2)c1. The molecule has 1 saturated heterocycles. The standard InChI is InChI=1S/C14H14N2O2S/c17-14(18)10-8-11(12-4-3-7-19-12)15-13(9-10)16-5-1-2-6-16/h3-4,7-9H,1-2,5-6H2,(H,17,18). The molecule has 5 heteroatoms. The molecule has 0 unspecified atom stereocenters. The molecule has 3 rings (SSSR count). The van der Waals surface area contributed by atoms with Crippen molar-refractivity contribution < 1.29 is 9.90 Å². The number of hydrogen-bond donors (Lipinski definition) is 1. The molecular weight excluding hydrogens is 260 g/mol. The van der Waals surface area contributed by atoms with Crippen molar-refractivity contribution in [2.75, 3.05) is 18.0 Å². The third-order valence-electron chi connectivity index (χ3n) is 3.26. The van der Waals surface area contributed by atoms with Crippen molar-refractivity contribution >= 4 is 23.1 Å². The van der Waals surface area contributed by atoms with Crippen molar-refractivity contribution in [3.63, 3.8) is 0 Å². The number of aromatic nitrogens is 1. The fourth-order valence-corrected chi connectivity index (χ4v) is 2.98. The molecule has 1 aliphatic rings. The Kier molecular flexibility index (Phi) is 3.21. The smallest absolute Gasteiger partial charge is 0.335 e. The predicted octanol–water partition coefficient (Wildman–Crippen LogP) is 3.11. The van der Waals surface area contributed by atoms with Crippen LogP contribution < -0.4 is 4.90 Å². The lowest BCUT2D eigenvalue weighted by molar-refractivity contribution is 0.0697. The molecule has 1 N–H and O–H groups in total. The molecule has 0 atom stereocenters. The second kappa shape index (κ2) is 5.01. The molecule has 98 valence electrons. The van der Waals surface area contributed by atoms with E-state index >= 15 is 0 Å². The number of carboxylic acid groups (broad SMARTS) is 1. The van der Waals surface area contributed by atoms with Gasteiger partial charge in [0, 0.05) is 13.1 Å². The van der Waals surface area contributed by atoms with Gasteiger partial charge in [-0.25, -0.2) is 9.78 Å². The molecular formula is C14H14N2O2S. The van der Waals surface area contributed by atoms with Crippen LogP contribution in [0, 0.1) is 0 Å². The van der Waals surface area contributed by atoms with Gasteiger partial charge in [0.1, 0.15) is 5.82 Å². The second-order valence-corrected chi connectivity index (χ2v) is 5.52. The van der Waals surface area contributed by atoms with Crippen LogP contribution in [0.25, 0.3) is 10.6 Å². The summed E-state index contributed by atoms with van der Waals surface area (Å²) in [6.07, 6.45) is 2.29. The summed E-state index contributed by atoms with van der Waals surface area (Å²) in [7, 11) is 0. The van der Waals surface area contributed by atoms with Crippen molar-refractivity contribution in [3.05, 3.63) is 35.2 Å². The summed E-state index contributed by atoms with van der Waals surface area (Å²) >= 11 is 1.57. The second-order valence-electron chi connectivity index (χ2n) is 4.58. The van der Waals surface area contributed by atoms with Crippen LogP contribution in [-0.4, -0.2) is 29.1 Å². The summed E-state index contributed by atoms with van der Waals surface area (Å²) in [5.74, 6) is -0.124. The number of rotatable bonds is 3. The molecule has 0 aromatic carbocycles. The molecule has 0 saturated carbocycles. The highest BCUT2D eigenvalue weighted by Crippen LogP contribution is 2.28. The first-order valence-corrected chi connectivity index (χ1v) is 7.16. The zero-order valence-electron chi connectivity index (χ0n) is 10.4. The van der Waals surface area contributed by atoms with Gasteiger partial charge in [-0.15, -0.1) is 11.3 Å². The van der Waals surface area contributed by atoms with E-state index < -0.39 is 5.97 Å². The highest BCUT2D eigenvalue weighted by atomic mass is 32.1. The molecule has 2 aromatic heterocycles. The minimum Gasteiger partial charge on any atom is -0.478 e. The van der Waals surface area contributed by atoms with Crippen LogP contribution in [0.4, 0.5) is 5.82 Å². The minimum absolute atomic E-state index is 0.306. The lowest BCUT2D eigenvalue weighted by Gasteiger charge is -2.17. The van der Waals surface area contributed by atoms with Gasteiger partial charge in [0.15, 0.2) is 0 Å². The summed E-state index contributed by atoms with van der Waals surface area (Å²) in [6, 6.07) is 7.23. The normalized spacial score (nSPS) is 14.8. The van der Waals surface area contributed by atoms with E-state index in [1.165, 1.54) is 0 Å². The quantitative estimate of drug-likeness (QED) is 0.934. The maximum atomic E-state index is 11.2. The number of hydrogen-bond acceptors (Lipinski definition) is 4. The van der Waals surface area contributed by atoms with Crippen molar-refractivity contribution in [1.82, 2.24) is 4.98 Å². The molecule has 0 amide bonds. The third kappa shape index (κ3) is 2.46. The Morgan fingerprint density at radius 1 is 1.32 bits per heavy atom.